The van der Waals surface area contributed by atoms with Crippen LogP contribution in [0.25, 0.3) is 5.69 Å². The highest BCUT2D eigenvalue weighted by Gasteiger charge is 2.36. The number of rotatable bonds is 4. The molecule has 0 spiro atoms. The fourth-order valence-corrected chi connectivity index (χ4v) is 2.85. The lowest BCUT2D eigenvalue weighted by Crippen LogP contribution is -2.45. The molecule has 0 unspecified atom stereocenters. The van der Waals surface area contributed by atoms with E-state index in [0.29, 0.717) is 4.57 Å². The van der Waals surface area contributed by atoms with Gasteiger partial charge in [-0.15, -0.1) is 0 Å². The Morgan fingerprint density at radius 2 is 1.93 bits per heavy atom. The van der Waals surface area contributed by atoms with Crippen LogP contribution in [0, 0.1) is 0 Å². The number of fused-ring (bicyclic) bond motifs is 1. The van der Waals surface area contributed by atoms with Crippen LogP contribution in [0.3, 0.4) is 0 Å². The summed E-state index contributed by atoms with van der Waals surface area (Å²) < 4.78 is 49.1. The van der Waals surface area contributed by atoms with Crippen LogP contribution in [0.4, 0.5) is 18.9 Å². The monoisotopic (exact) mass is 428 g/mol. The summed E-state index contributed by atoms with van der Waals surface area (Å²) in [6.45, 7) is 0.846. The third-order valence-corrected chi connectivity index (χ3v) is 4.16. The van der Waals surface area contributed by atoms with Crippen LogP contribution in [-0.4, -0.2) is 40.9 Å². The number of carbonyl (C=O) groups excluding carboxylic acids is 2. The van der Waals surface area contributed by atoms with Gasteiger partial charge in [-0.2, -0.15) is 13.2 Å². The van der Waals surface area contributed by atoms with Gasteiger partial charge in [-0.25, -0.2) is 14.0 Å². The summed E-state index contributed by atoms with van der Waals surface area (Å²) in [4.78, 5) is 49.6. The standard InChI is InChI=1S/C17H15F3N4O6/c1-2-29-15(27)7-22-10-5-9(3-4-11(10)30-8-14(22)26)23-13(25)6-12(17(18,19)20)24(21)16(23)28/h3-6H,2,7-8,21H2,1H3. The van der Waals surface area contributed by atoms with Crippen LogP contribution in [-0.2, 0) is 20.5 Å². The molecule has 0 fully saturated rings. The van der Waals surface area contributed by atoms with Crippen LogP contribution >= 0.6 is 0 Å². The van der Waals surface area contributed by atoms with Gasteiger partial charge in [-0.1, -0.05) is 0 Å². The van der Waals surface area contributed by atoms with Gasteiger partial charge < -0.3 is 15.3 Å². The smallest absolute Gasteiger partial charge is 0.433 e. The molecule has 3 rings (SSSR count). The van der Waals surface area contributed by atoms with Gasteiger partial charge in [-0.05, 0) is 25.1 Å². The number of hydrogen-bond acceptors (Lipinski definition) is 7. The number of anilines is 1. The minimum atomic E-state index is -5.02. The average Bonchev–Trinajstić information content (AvgIpc) is 2.66. The van der Waals surface area contributed by atoms with Crippen molar-refractivity contribution in [1.29, 1.82) is 0 Å². The molecule has 1 amide bonds. The zero-order valence-electron chi connectivity index (χ0n) is 15.4. The summed E-state index contributed by atoms with van der Waals surface area (Å²) in [6, 6.07) is 3.87. The highest BCUT2D eigenvalue weighted by atomic mass is 19.4. The number of nitrogens with two attached hydrogens (primary N) is 1. The number of halogens is 3. The summed E-state index contributed by atoms with van der Waals surface area (Å²) in [5.74, 6) is 4.10. The van der Waals surface area contributed by atoms with Crippen molar-refractivity contribution in [3.05, 3.63) is 50.8 Å². The molecule has 2 heterocycles. The zero-order chi connectivity index (χ0) is 22.2. The number of amides is 1. The number of hydrogen-bond donors (Lipinski definition) is 1. The topological polar surface area (TPSA) is 126 Å². The normalized spacial score (nSPS) is 13.6. The molecule has 0 atom stereocenters. The van der Waals surface area contributed by atoms with E-state index in [4.69, 9.17) is 15.3 Å². The number of nitrogens with zero attached hydrogens (tertiary/aromatic N) is 3. The molecule has 10 nitrogen and oxygen atoms in total. The van der Waals surface area contributed by atoms with Gasteiger partial charge in [0.2, 0.25) is 0 Å². The molecule has 2 N–H and O–H groups in total. The van der Waals surface area contributed by atoms with Crippen molar-refractivity contribution in [1.82, 2.24) is 9.24 Å². The van der Waals surface area contributed by atoms with Crippen LogP contribution in [0.2, 0.25) is 0 Å². The summed E-state index contributed by atoms with van der Waals surface area (Å²) in [6.07, 6.45) is -5.02. The van der Waals surface area contributed by atoms with E-state index in [9.17, 15) is 32.3 Å². The molecule has 1 aromatic heterocycles. The van der Waals surface area contributed by atoms with Gasteiger partial charge in [0, 0.05) is 6.07 Å². The molecule has 13 heteroatoms. The highest BCUT2D eigenvalue weighted by Crippen LogP contribution is 2.33. The summed E-state index contributed by atoms with van der Waals surface area (Å²) in [7, 11) is 0. The molecular formula is C17H15F3N4O6. The first-order valence-corrected chi connectivity index (χ1v) is 8.49. The zero-order valence-corrected chi connectivity index (χ0v) is 15.4. The molecule has 1 aliphatic rings. The molecule has 0 aliphatic carbocycles. The van der Waals surface area contributed by atoms with E-state index >= 15 is 0 Å². The Hall–Kier alpha value is -3.77. The number of ether oxygens (including phenoxy) is 2. The largest absolute Gasteiger partial charge is 0.482 e. The van der Waals surface area contributed by atoms with Gasteiger partial charge in [0.1, 0.15) is 12.3 Å². The van der Waals surface area contributed by atoms with Crippen molar-refractivity contribution in [2.24, 2.45) is 0 Å². The molecule has 0 saturated heterocycles. The first-order chi connectivity index (χ1) is 14.0. The van der Waals surface area contributed by atoms with Gasteiger partial charge in [0.15, 0.2) is 12.3 Å². The minimum Gasteiger partial charge on any atom is -0.482 e. The van der Waals surface area contributed by atoms with Gasteiger partial charge in [0.25, 0.3) is 11.5 Å². The molecule has 2 aromatic rings. The fourth-order valence-electron chi connectivity index (χ4n) is 2.85. The Bertz CT molecular complexity index is 1140. The second-order valence-electron chi connectivity index (χ2n) is 6.08. The fraction of sp³-hybridized carbons (Fsp3) is 0.294. The second-order valence-corrected chi connectivity index (χ2v) is 6.08. The van der Waals surface area contributed by atoms with Crippen molar-refractivity contribution < 1.29 is 32.2 Å². The second kappa shape index (κ2) is 7.57. The van der Waals surface area contributed by atoms with Crippen molar-refractivity contribution in [3.8, 4) is 11.4 Å². The van der Waals surface area contributed by atoms with Gasteiger partial charge >= 0.3 is 17.8 Å². The molecule has 30 heavy (non-hydrogen) atoms. The Morgan fingerprint density at radius 3 is 2.57 bits per heavy atom. The maximum absolute atomic E-state index is 13.0. The first-order valence-electron chi connectivity index (χ1n) is 8.49. The molecule has 1 aromatic carbocycles. The lowest BCUT2D eigenvalue weighted by molar-refractivity contribution is -0.144. The summed E-state index contributed by atoms with van der Waals surface area (Å²) in [5.41, 5.74) is -4.49. The number of carbonyl (C=O) groups is 2. The van der Waals surface area contributed by atoms with E-state index in [1.54, 1.807) is 6.92 Å². The lowest BCUT2D eigenvalue weighted by Gasteiger charge is -2.29. The molecule has 0 saturated carbocycles. The van der Waals surface area contributed by atoms with Gasteiger partial charge in [0.05, 0.1) is 18.0 Å². The van der Waals surface area contributed by atoms with Crippen LogP contribution in [0.5, 0.6) is 5.75 Å². The maximum atomic E-state index is 13.0. The van der Waals surface area contributed by atoms with Crippen LogP contribution in [0.1, 0.15) is 12.6 Å². The molecule has 0 bridgehead atoms. The van der Waals surface area contributed by atoms with Crippen molar-refractivity contribution in [3.63, 3.8) is 0 Å². The van der Waals surface area contributed by atoms with Crippen molar-refractivity contribution >= 4 is 17.6 Å². The average molecular weight is 428 g/mol. The quantitative estimate of drug-likeness (QED) is 0.538. The number of esters is 1. The van der Waals surface area contributed by atoms with E-state index in [2.05, 4.69) is 0 Å². The van der Waals surface area contributed by atoms with E-state index in [0.717, 1.165) is 11.0 Å². The molecule has 0 radical (unpaired) electrons. The maximum Gasteiger partial charge on any atom is 0.433 e. The van der Waals surface area contributed by atoms with E-state index in [1.165, 1.54) is 12.1 Å². The van der Waals surface area contributed by atoms with Crippen LogP contribution in [0.15, 0.2) is 33.9 Å². The van der Waals surface area contributed by atoms with E-state index < -0.39 is 41.5 Å². The number of nitrogen functional groups attached to an aromatic ring is 1. The number of aromatic nitrogens is 2. The number of benzene rings is 1. The highest BCUT2D eigenvalue weighted by molar-refractivity contribution is 6.01. The third kappa shape index (κ3) is 3.73. The van der Waals surface area contributed by atoms with Crippen LogP contribution < -0.4 is 26.7 Å². The van der Waals surface area contributed by atoms with Gasteiger partial charge in [-0.3, -0.25) is 19.3 Å². The lowest BCUT2D eigenvalue weighted by atomic mass is 10.2. The van der Waals surface area contributed by atoms with Crippen molar-refractivity contribution in [2.75, 3.05) is 30.5 Å². The van der Waals surface area contributed by atoms with E-state index in [-0.39, 0.29) is 41.1 Å². The Labute approximate surface area is 165 Å². The first kappa shape index (κ1) is 21.0. The number of alkyl halides is 3. The molecular weight excluding hydrogens is 413 g/mol. The predicted molar refractivity (Wildman–Crippen MR) is 95.9 cm³/mol. The molecule has 160 valence electrons. The minimum absolute atomic E-state index is 0.0339. The predicted octanol–water partition coefficient (Wildman–Crippen LogP) is 0.0203. The Morgan fingerprint density at radius 1 is 1.23 bits per heavy atom. The molecule has 1 aliphatic heterocycles. The summed E-state index contributed by atoms with van der Waals surface area (Å²) >= 11 is 0. The SMILES string of the molecule is CCOC(=O)CN1C(=O)COc2ccc(-n3c(=O)cc(C(F)(F)F)n(N)c3=O)cc21. The van der Waals surface area contributed by atoms with E-state index in [1.807, 2.05) is 0 Å². The van der Waals surface area contributed by atoms with Crippen molar-refractivity contribution in [2.45, 2.75) is 13.1 Å². The Kier molecular flexibility index (Phi) is 5.29. The Balaban J connectivity index is 2.13. The summed E-state index contributed by atoms with van der Waals surface area (Å²) in [5, 5.41) is 0. The third-order valence-electron chi connectivity index (χ3n) is 4.16.